The number of carboxylic acids is 1. The van der Waals surface area contributed by atoms with E-state index in [2.05, 4.69) is 4.74 Å². The molecule has 0 aliphatic carbocycles. The van der Waals surface area contributed by atoms with Gasteiger partial charge in [0.15, 0.2) is 11.6 Å². The quantitative estimate of drug-likeness (QED) is 0.669. The maximum atomic E-state index is 13.0. The lowest BCUT2D eigenvalue weighted by Crippen LogP contribution is -2.24. The van der Waals surface area contributed by atoms with Gasteiger partial charge in [-0.2, -0.15) is 0 Å². The molecule has 0 N–H and O–H groups in total. The second-order valence-corrected chi connectivity index (χ2v) is 2.52. The molecule has 13 heavy (non-hydrogen) atoms. The lowest BCUT2D eigenvalue weighted by Gasteiger charge is -2.05. The molecule has 0 saturated heterocycles. The van der Waals surface area contributed by atoms with Crippen LogP contribution in [0.1, 0.15) is 5.56 Å². The van der Waals surface area contributed by atoms with Gasteiger partial charge in [-0.15, -0.1) is 0 Å². The zero-order valence-corrected chi connectivity index (χ0v) is 7.04. The van der Waals surface area contributed by atoms with Crippen molar-refractivity contribution in [2.75, 3.05) is 7.11 Å². The summed E-state index contributed by atoms with van der Waals surface area (Å²) in [4.78, 5) is 10.2. The molecule has 0 bridgehead atoms. The van der Waals surface area contributed by atoms with Crippen LogP contribution in [0.15, 0.2) is 18.2 Å². The fourth-order valence-corrected chi connectivity index (χ4v) is 0.987. The number of ether oxygens (including phenoxy) is 1. The number of aliphatic carboxylic acids is 1. The summed E-state index contributed by atoms with van der Waals surface area (Å²) in [6.45, 7) is 0. The highest BCUT2D eigenvalue weighted by Gasteiger charge is 2.02. The standard InChI is InChI=1S/C9H9FO3/c1-13-8-3-2-6(4-7(8)10)5-9(11)12/h2-4H,5H2,1H3,(H,11,12)/p-1. The van der Waals surface area contributed by atoms with Crippen LogP contribution in [0.4, 0.5) is 4.39 Å². The Hall–Kier alpha value is -1.58. The summed E-state index contributed by atoms with van der Waals surface area (Å²) in [7, 11) is 1.34. The van der Waals surface area contributed by atoms with E-state index in [4.69, 9.17) is 0 Å². The van der Waals surface area contributed by atoms with Crippen LogP contribution in [0.2, 0.25) is 0 Å². The average molecular weight is 183 g/mol. The highest BCUT2D eigenvalue weighted by atomic mass is 19.1. The van der Waals surface area contributed by atoms with E-state index in [0.717, 1.165) is 6.07 Å². The molecule has 70 valence electrons. The number of hydrogen-bond donors (Lipinski definition) is 0. The van der Waals surface area contributed by atoms with Gasteiger partial charge in [0.25, 0.3) is 0 Å². The zero-order valence-electron chi connectivity index (χ0n) is 7.04. The van der Waals surface area contributed by atoms with Crippen molar-refractivity contribution in [3.05, 3.63) is 29.6 Å². The predicted molar refractivity (Wildman–Crippen MR) is 41.7 cm³/mol. The largest absolute Gasteiger partial charge is 0.550 e. The second kappa shape index (κ2) is 3.89. The Morgan fingerprint density at radius 3 is 2.77 bits per heavy atom. The molecule has 4 heteroatoms. The minimum atomic E-state index is -1.23. The van der Waals surface area contributed by atoms with E-state index >= 15 is 0 Å². The SMILES string of the molecule is COc1ccc(CC(=O)[O-])cc1F. The molecule has 0 heterocycles. The van der Waals surface area contributed by atoms with Gasteiger partial charge in [0.1, 0.15) is 0 Å². The predicted octanol–water partition coefficient (Wildman–Crippen LogP) is 0.127. The molecule has 1 aromatic carbocycles. The van der Waals surface area contributed by atoms with Gasteiger partial charge < -0.3 is 14.6 Å². The van der Waals surface area contributed by atoms with Crippen LogP contribution in [-0.2, 0) is 11.2 Å². The van der Waals surface area contributed by atoms with Crippen LogP contribution in [0, 0.1) is 5.82 Å². The first-order valence-electron chi connectivity index (χ1n) is 3.65. The molecule has 0 amide bonds. The van der Waals surface area contributed by atoms with E-state index in [1.807, 2.05) is 0 Å². The molecular formula is C9H8FO3-. The molecule has 0 atom stereocenters. The van der Waals surface area contributed by atoms with E-state index in [1.54, 1.807) is 0 Å². The highest BCUT2D eigenvalue weighted by molar-refractivity contribution is 5.68. The Labute approximate surface area is 74.8 Å². The molecule has 0 aliphatic rings. The Balaban J connectivity index is 2.89. The Morgan fingerprint density at radius 1 is 1.62 bits per heavy atom. The second-order valence-electron chi connectivity index (χ2n) is 2.52. The van der Waals surface area contributed by atoms with E-state index < -0.39 is 11.8 Å². The number of carbonyl (C=O) groups is 1. The molecule has 0 unspecified atom stereocenters. The van der Waals surface area contributed by atoms with Crippen LogP contribution in [0.5, 0.6) is 5.75 Å². The topological polar surface area (TPSA) is 49.4 Å². The van der Waals surface area contributed by atoms with Crippen LogP contribution < -0.4 is 9.84 Å². The number of carbonyl (C=O) groups excluding carboxylic acids is 1. The lowest BCUT2D eigenvalue weighted by molar-refractivity contribution is -0.304. The van der Waals surface area contributed by atoms with Gasteiger partial charge in [-0.3, -0.25) is 0 Å². The number of benzene rings is 1. The monoisotopic (exact) mass is 183 g/mol. The van der Waals surface area contributed by atoms with Gasteiger partial charge in [0.2, 0.25) is 0 Å². The van der Waals surface area contributed by atoms with Gasteiger partial charge in [0, 0.05) is 12.4 Å². The molecular weight excluding hydrogens is 175 g/mol. The fraction of sp³-hybridized carbons (Fsp3) is 0.222. The third-order valence-corrected chi connectivity index (χ3v) is 1.56. The summed E-state index contributed by atoms with van der Waals surface area (Å²) < 4.78 is 17.6. The summed E-state index contributed by atoms with van der Waals surface area (Å²) >= 11 is 0. The summed E-state index contributed by atoms with van der Waals surface area (Å²) in [6.07, 6.45) is -0.291. The summed E-state index contributed by atoms with van der Waals surface area (Å²) in [5, 5.41) is 10.2. The minimum Gasteiger partial charge on any atom is -0.550 e. The molecule has 1 rings (SSSR count). The lowest BCUT2D eigenvalue weighted by atomic mass is 10.1. The van der Waals surface area contributed by atoms with Crippen molar-refractivity contribution < 1.29 is 19.0 Å². The molecule has 0 aromatic heterocycles. The van der Waals surface area contributed by atoms with Crippen LogP contribution in [0.3, 0.4) is 0 Å². The molecule has 3 nitrogen and oxygen atoms in total. The fourth-order valence-electron chi connectivity index (χ4n) is 0.987. The van der Waals surface area contributed by atoms with Crippen LogP contribution in [-0.4, -0.2) is 13.1 Å². The summed E-state index contributed by atoms with van der Waals surface area (Å²) in [6, 6.07) is 3.99. The van der Waals surface area contributed by atoms with Gasteiger partial charge >= 0.3 is 0 Å². The van der Waals surface area contributed by atoms with Crippen molar-refractivity contribution in [3.63, 3.8) is 0 Å². The molecule has 0 spiro atoms. The molecule has 0 saturated carbocycles. The average Bonchev–Trinajstić information content (AvgIpc) is 2.03. The van der Waals surface area contributed by atoms with Gasteiger partial charge in [0.05, 0.1) is 7.11 Å². The van der Waals surface area contributed by atoms with Gasteiger partial charge in [-0.1, -0.05) is 6.07 Å². The molecule has 1 aromatic rings. The van der Waals surface area contributed by atoms with Crippen LogP contribution >= 0.6 is 0 Å². The normalized spacial score (nSPS) is 9.69. The Kier molecular flexibility index (Phi) is 2.84. The minimum absolute atomic E-state index is 0.0992. The number of carboxylic acid groups (broad SMARTS) is 1. The zero-order chi connectivity index (χ0) is 9.84. The summed E-state index contributed by atoms with van der Waals surface area (Å²) in [5.74, 6) is -1.70. The van der Waals surface area contributed by atoms with Gasteiger partial charge in [-0.05, 0) is 17.7 Å². The van der Waals surface area contributed by atoms with E-state index in [-0.39, 0.29) is 12.2 Å². The van der Waals surface area contributed by atoms with Gasteiger partial charge in [-0.25, -0.2) is 4.39 Å². The molecule has 0 radical (unpaired) electrons. The van der Waals surface area contributed by atoms with Crippen LogP contribution in [0.25, 0.3) is 0 Å². The maximum absolute atomic E-state index is 13.0. The molecule has 0 fully saturated rings. The third-order valence-electron chi connectivity index (χ3n) is 1.56. The third kappa shape index (κ3) is 2.43. The summed E-state index contributed by atoms with van der Waals surface area (Å²) in [5.41, 5.74) is 0.360. The van der Waals surface area contributed by atoms with Crippen molar-refractivity contribution in [2.45, 2.75) is 6.42 Å². The van der Waals surface area contributed by atoms with Crippen molar-refractivity contribution in [1.82, 2.24) is 0 Å². The van der Waals surface area contributed by atoms with Crippen molar-refractivity contribution in [2.24, 2.45) is 0 Å². The smallest absolute Gasteiger partial charge is 0.165 e. The first-order chi connectivity index (χ1) is 6.13. The van der Waals surface area contributed by atoms with Crippen molar-refractivity contribution in [1.29, 1.82) is 0 Å². The number of hydrogen-bond acceptors (Lipinski definition) is 3. The van der Waals surface area contributed by atoms with E-state index in [1.165, 1.54) is 19.2 Å². The van der Waals surface area contributed by atoms with Crippen molar-refractivity contribution >= 4 is 5.97 Å². The van der Waals surface area contributed by atoms with E-state index in [9.17, 15) is 14.3 Å². The first kappa shape index (κ1) is 9.51. The number of rotatable bonds is 3. The Morgan fingerprint density at radius 2 is 2.31 bits per heavy atom. The highest BCUT2D eigenvalue weighted by Crippen LogP contribution is 2.17. The first-order valence-corrected chi connectivity index (χ1v) is 3.65. The number of halogens is 1. The number of methoxy groups -OCH3 is 1. The maximum Gasteiger partial charge on any atom is 0.165 e. The van der Waals surface area contributed by atoms with E-state index in [0.29, 0.717) is 5.56 Å². The molecule has 0 aliphatic heterocycles. The van der Waals surface area contributed by atoms with Crippen molar-refractivity contribution in [3.8, 4) is 5.75 Å². The Bertz CT molecular complexity index is 323.